The molecule has 6 heteroatoms. The number of esters is 1. The zero-order valence-corrected chi connectivity index (χ0v) is 9.55. The summed E-state index contributed by atoms with van der Waals surface area (Å²) in [7, 11) is 1.30. The molecule has 15 heavy (non-hydrogen) atoms. The molecule has 0 saturated heterocycles. The van der Waals surface area contributed by atoms with E-state index in [-0.39, 0.29) is 16.7 Å². The van der Waals surface area contributed by atoms with Gasteiger partial charge in [0.2, 0.25) is 0 Å². The largest absolute Gasteiger partial charge is 0.469 e. The number of halogens is 2. The van der Waals surface area contributed by atoms with Crippen molar-refractivity contribution in [3.05, 3.63) is 28.0 Å². The molecule has 0 fully saturated rings. The molecular formula is C9H10Cl2N2O2. The predicted molar refractivity (Wildman–Crippen MR) is 58.1 cm³/mol. The summed E-state index contributed by atoms with van der Waals surface area (Å²) in [5, 5.41) is 0.484. The van der Waals surface area contributed by atoms with Crippen LogP contribution in [0.4, 0.5) is 0 Å². The van der Waals surface area contributed by atoms with Gasteiger partial charge in [0, 0.05) is 12.7 Å². The third kappa shape index (κ3) is 2.81. The Hall–Kier alpha value is -0.840. The molecule has 1 atom stereocenters. The number of hydrogen-bond donors (Lipinski definition) is 1. The van der Waals surface area contributed by atoms with E-state index in [1.807, 2.05) is 0 Å². The van der Waals surface area contributed by atoms with Crippen molar-refractivity contribution in [1.82, 2.24) is 4.98 Å². The Morgan fingerprint density at radius 3 is 2.80 bits per heavy atom. The molecule has 0 spiro atoms. The minimum atomic E-state index is -0.558. The smallest absolute Gasteiger partial charge is 0.314 e. The molecule has 0 amide bonds. The number of aromatic nitrogens is 1. The normalized spacial score (nSPS) is 12.3. The highest BCUT2D eigenvalue weighted by molar-refractivity contribution is 6.41. The van der Waals surface area contributed by atoms with Gasteiger partial charge in [0.1, 0.15) is 5.15 Å². The lowest BCUT2D eigenvalue weighted by molar-refractivity contribution is -0.142. The van der Waals surface area contributed by atoms with Crippen molar-refractivity contribution in [2.45, 2.75) is 5.92 Å². The molecule has 0 aliphatic carbocycles. The first kappa shape index (κ1) is 12.2. The van der Waals surface area contributed by atoms with Gasteiger partial charge in [-0.2, -0.15) is 0 Å². The Labute approximate surface area is 97.3 Å². The number of carbonyl (C=O) groups excluding carboxylic acids is 1. The maximum atomic E-state index is 11.3. The molecule has 0 saturated carbocycles. The monoisotopic (exact) mass is 248 g/mol. The van der Waals surface area contributed by atoms with E-state index in [0.29, 0.717) is 5.56 Å². The van der Waals surface area contributed by atoms with Crippen molar-refractivity contribution in [2.75, 3.05) is 13.7 Å². The number of methoxy groups -OCH3 is 1. The number of ether oxygens (including phenoxy) is 1. The van der Waals surface area contributed by atoms with Crippen LogP contribution in [0.15, 0.2) is 12.3 Å². The van der Waals surface area contributed by atoms with Gasteiger partial charge in [-0.1, -0.05) is 23.2 Å². The maximum absolute atomic E-state index is 11.3. The van der Waals surface area contributed by atoms with Crippen molar-refractivity contribution in [3.8, 4) is 0 Å². The van der Waals surface area contributed by atoms with E-state index in [1.165, 1.54) is 13.3 Å². The Morgan fingerprint density at radius 1 is 1.67 bits per heavy atom. The highest BCUT2D eigenvalue weighted by Gasteiger charge is 2.20. The third-order valence-electron chi connectivity index (χ3n) is 1.94. The van der Waals surface area contributed by atoms with Gasteiger partial charge < -0.3 is 10.5 Å². The zero-order chi connectivity index (χ0) is 11.4. The first-order valence-corrected chi connectivity index (χ1v) is 4.94. The second kappa shape index (κ2) is 5.30. The van der Waals surface area contributed by atoms with Crippen molar-refractivity contribution >= 4 is 29.2 Å². The Balaban J connectivity index is 3.02. The van der Waals surface area contributed by atoms with Crippen LogP contribution >= 0.6 is 23.2 Å². The van der Waals surface area contributed by atoms with Crippen LogP contribution in [0.3, 0.4) is 0 Å². The average molecular weight is 249 g/mol. The summed E-state index contributed by atoms with van der Waals surface area (Å²) < 4.78 is 4.60. The first-order chi connectivity index (χ1) is 7.10. The topological polar surface area (TPSA) is 65.2 Å². The molecule has 0 aliphatic heterocycles. The van der Waals surface area contributed by atoms with Gasteiger partial charge in [-0.25, -0.2) is 4.98 Å². The van der Waals surface area contributed by atoms with Crippen LogP contribution in [0.2, 0.25) is 10.2 Å². The third-order valence-corrected chi connectivity index (χ3v) is 2.63. The first-order valence-electron chi connectivity index (χ1n) is 4.19. The molecule has 2 N–H and O–H groups in total. The fourth-order valence-electron chi connectivity index (χ4n) is 1.14. The highest BCUT2D eigenvalue weighted by Crippen LogP contribution is 2.24. The molecule has 1 rings (SSSR count). The van der Waals surface area contributed by atoms with Crippen molar-refractivity contribution in [3.63, 3.8) is 0 Å². The fourth-order valence-corrected chi connectivity index (χ4v) is 1.42. The summed E-state index contributed by atoms with van der Waals surface area (Å²) in [6.45, 7) is 0.131. The Bertz CT molecular complexity index is 371. The average Bonchev–Trinajstić information content (AvgIpc) is 2.24. The molecule has 1 unspecified atom stereocenters. The molecule has 1 heterocycles. The van der Waals surface area contributed by atoms with E-state index in [4.69, 9.17) is 28.9 Å². The second-order valence-electron chi connectivity index (χ2n) is 2.85. The molecule has 82 valence electrons. The molecule has 0 aromatic carbocycles. The Kier molecular flexibility index (Phi) is 4.32. The van der Waals surface area contributed by atoms with Crippen molar-refractivity contribution in [1.29, 1.82) is 0 Å². The van der Waals surface area contributed by atoms with E-state index in [2.05, 4.69) is 9.72 Å². The number of hydrogen-bond acceptors (Lipinski definition) is 4. The van der Waals surface area contributed by atoms with Crippen LogP contribution in [0.1, 0.15) is 11.5 Å². The van der Waals surface area contributed by atoms with E-state index in [9.17, 15) is 4.79 Å². The summed E-state index contributed by atoms with van der Waals surface area (Å²) in [6.07, 6.45) is 1.46. The van der Waals surface area contributed by atoms with E-state index in [0.717, 1.165) is 0 Å². The molecule has 4 nitrogen and oxygen atoms in total. The minimum Gasteiger partial charge on any atom is -0.469 e. The van der Waals surface area contributed by atoms with Crippen molar-refractivity contribution < 1.29 is 9.53 Å². The van der Waals surface area contributed by atoms with Crippen molar-refractivity contribution in [2.24, 2.45) is 5.73 Å². The SMILES string of the molecule is COC(=O)C(CN)c1cnc(Cl)c(Cl)c1. The number of nitrogens with two attached hydrogens (primary N) is 1. The van der Waals surface area contributed by atoms with Gasteiger partial charge in [0.25, 0.3) is 0 Å². The van der Waals surface area contributed by atoms with Gasteiger partial charge in [0.05, 0.1) is 18.1 Å². The van der Waals surface area contributed by atoms with Gasteiger partial charge in [-0.15, -0.1) is 0 Å². The molecular weight excluding hydrogens is 239 g/mol. The molecule has 0 radical (unpaired) electrons. The predicted octanol–water partition coefficient (Wildman–Crippen LogP) is 1.60. The van der Waals surface area contributed by atoms with Crippen LogP contribution in [-0.2, 0) is 9.53 Å². The van der Waals surface area contributed by atoms with Gasteiger partial charge in [-0.05, 0) is 11.6 Å². The lowest BCUT2D eigenvalue weighted by atomic mass is 10.0. The number of pyridine rings is 1. The van der Waals surface area contributed by atoms with Crippen LogP contribution in [0.5, 0.6) is 0 Å². The standard InChI is InChI=1S/C9H10Cl2N2O2/c1-15-9(14)6(3-12)5-2-7(10)8(11)13-4-5/h2,4,6H,3,12H2,1H3. The van der Waals surface area contributed by atoms with Crippen LogP contribution in [-0.4, -0.2) is 24.6 Å². The van der Waals surface area contributed by atoms with Gasteiger partial charge in [-0.3, -0.25) is 4.79 Å². The zero-order valence-electron chi connectivity index (χ0n) is 8.04. The van der Waals surface area contributed by atoms with Crippen LogP contribution in [0, 0.1) is 0 Å². The van der Waals surface area contributed by atoms with E-state index in [1.54, 1.807) is 6.07 Å². The number of carbonyl (C=O) groups is 1. The lowest BCUT2D eigenvalue weighted by Gasteiger charge is -2.12. The fraction of sp³-hybridized carbons (Fsp3) is 0.333. The van der Waals surface area contributed by atoms with Crippen LogP contribution < -0.4 is 5.73 Å². The lowest BCUT2D eigenvalue weighted by Crippen LogP contribution is -2.22. The van der Waals surface area contributed by atoms with Gasteiger partial charge >= 0.3 is 5.97 Å². The minimum absolute atomic E-state index is 0.131. The highest BCUT2D eigenvalue weighted by atomic mass is 35.5. The quantitative estimate of drug-likeness (QED) is 0.652. The molecule has 0 bridgehead atoms. The molecule has 0 aliphatic rings. The van der Waals surface area contributed by atoms with E-state index < -0.39 is 11.9 Å². The van der Waals surface area contributed by atoms with E-state index >= 15 is 0 Å². The summed E-state index contributed by atoms with van der Waals surface area (Å²) in [4.78, 5) is 15.2. The molecule has 1 aromatic heterocycles. The maximum Gasteiger partial charge on any atom is 0.314 e. The number of nitrogens with zero attached hydrogens (tertiary/aromatic N) is 1. The summed E-state index contributed by atoms with van der Waals surface area (Å²) in [6, 6.07) is 1.56. The van der Waals surface area contributed by atoms with Crippen LogP contribution in [0.25, 0.3) is 0 Å². The second-order valence-corrected chi connectivity index (χ2v) is 3.62. The summed E-state index contributed by atoms with van der Waals surface area (Å²) in [5.74, 6) is -0.977. The summed E-state index contributed by atoms with van der Waals surface area (Å²) in [5.41, 5.74) is 6.06. The van der Waals surface area contributed by atoms with Gasteiger partial charge in [0.15, 0.2) is 0 Å². The number of rotatable bonds is 3. The summed E-state index contributed by atoms with van der Waals surface area (Å²) >= 11 is 11.4. The Morgan fingerprint density at radius 2 is 2.33 bits per heavy atom. The molecule has 1 aromatic rings.